The highest BCUT2D eigenvalue weighted by molar-refractivity contribution is 5.92. The van der Waals surface area contributed by atoms with Gasteiger partial charge in [0.1, 0.15) is 17.7 Å². The summed E-state index contributed by atoms with van der Waals surface area (Å²) < 4.78 is 5.33. The van der Waals surface area contributed by atoms with E-state index in [4.69, 9.17) is 4.74 Å². The number of carbonyl (C=O) groups excluding carboxylic acids is 3. The number of nitrogens with zero attached hydrogens (tertiary/aromatic N) is 1. The molecule has 0 aliphatic heterocycles. The topological polar surface area (TPSA) is 87.7 Å². The van der Waals surface area contributed by atoms with Crippen LogP contribution in [0.2, 0.25) is 0 Å². The molecule has 3 amide bonds. The fourth-order valence-corrected chi connectivity index (χ4v) is 3.64. The summed E-state index contributed by atoms with van der Waals surface area (Å²) in [6.45, 7) is 19.1. The normalized spacial score (nSPS) is 13.6. The quantitative estimate of drug-likeness (QED) is 0.481. The third-order valence-electron chi connectivity index (χ3n) is 5.18. The van der Waals surface area contributed by atoms with Crippen LogP contribution in [0.1, 0.15) is 97.4 Å². The molecule has 1 rings (SSSR count). The van der Waals surface area contributed by atoms with E-state index in [0.29, 0.717) is 6.54 Å². The third-order valence-corrected chi connectivity index (χ3v) is 5.18. The Bertz CT molecular complexity index is 852. The van der Waals surface area contributed by atoms with E-state index >= 15 is 0 Å². The Morgan fingerprint density at radius 3 is 2.18 bits per heavy atom. The molecule has 0 saturated carbocycles. The molecule has 34 heavy (non-hydrogen) atoms. The predicted octanol–water partition coefficient (Wildman–Crippen LogP) is 5.19. The van der Waals surface area contributed by atoms with Gasteiger partial charge in [0.25, 0.3) is 0 Å². The maximum Gasteiger partial charge on any atom is 0.408 e. The van der Waals surface area contributed by atoms with Crippen molar-refractivity contribution in [2.24, 2.45) is 0 Å². The molecule has 7 heteroatoms. The molecule has 0 aliphatic carbocycles. The number of ether oxygens (including phenoxy) is 1. The van der Waals surface area contributed by atoms with Crippen LogP contribution in [0.4, 0.5) is 4.79 Å². The number of hydrogen-bond acceptors (Lipinski definition) is 4. The lowest BCUT2D eigenvalue weighted by Crippen LogP contribution is -2.54. The van der Waals surface area contributed by atoms with Crippen LogP contribution in [0.25, 0.3) is 0 Å². The number of aryl methyl sites for hydroxylation is 2. The molecule has 0 spiro atoms. The summed E-state index contributed by atoms with van der Waals surface area (Å²) in [4.78, 5) is 41.3. The van der Waals surface area contributed by atoms with E-state index in [2.05, 4.69) is 17.6 Å². The molecule has 2 N–H and O–H groups in total. The first-order valence-electron chi connectivity index (χ1n) is 12.2. The fourth-order valence-electron chi connectivity index (χ4n) is 3.64. The molecule has 1 aromatic rings. The summed E-state index contributed by atoms with van der Waals surface area (Å²) in [7, 11) is 0. The second kappa shape index (κ2) is 12.2. The summed E-state index contributed by atoms with van der Waals surface area (Å²) in [5.74, 6) is -0.563. The van der Waals surface area contributed by atoms with Crippen LogP contribution in [0.5, 0.6) is 0 Å². The highest BCUT2D eigenvalue weighted by atomic mass is 16.6. The first kappa shape index (κ1) is 29.5. The molecule has 2 unspecified atom stereocenters. The zero-order valence-electron chi connectivity index (χ0n) is 22.8. The van der Waals surface area contributed by atoms with Gasteiger partial charge in [-0.1, -0.05) is 43.5 Å². The van der Waals surface area contributed by atoms with Crippen molar-refractivity contribution in [3.8, 4) is 0 Å². The standard InChI is InChI=1S/C27H45N3O4/c1-11-12-13-16-30(24(32)20(4)28-25(33)34-27(8,9)10)22(23(31)29-26(5,6)7)21-17-18(2)14-15-19(21)3/h14-15,17,20,22H,11-13,16H2,1-10H3,(H,28,33)(H,29,31). The minimum Gasteiger partial charge on any atom is -0.444 e. The van der Waals surface area contributed by atoms with Crippen LogP contribution in [0.15, 0.2) is 18.2 Å². The average Bonchev–Trinajstić information content (AvgIpc) is 2.66. The Morgan fingerprint density at radius 2 is 1.65 bits per heavy atom. The van der Waals surface area contributed by atoms with Gasteiger partial charge in [-0.3, -0.25) is 9.59 Å². The minimum absolute atomic E-state index is 0.240. The van der Waals surface area contributed by atoms with Crippen LogP contribution in [-0.4, -0.2) is 46.5 Å². The Labute approximate surface area is 206 Å². The molecule has 0 bridgehead atoms. The number of carbonyl (C=O) groups is 3. The summed E-state index contributed by atoms with van der Waals surface area (Å²) in [6.07, 6.45) is 2.00. The molecular weight excluding hydrogens is 430 g/mol. The Hall–Kier alpha value is -2.57. The lowest BCUT2D eigenvalue weighted by molar-refractivity contribution is -0.142. The molecule has 0 radical (unpaired) electrons. The van der Waals surface area contributed by atoms with E-state index in [0.717, 1.165) is 36.0 Å². The lowest BCUT2D eigenvalue weighted by atomic mass is 9.95. The minimum atomic E-state index is -0.855. The van der Waals surface area contributed by atoms with Gasteiger partial charge in [0.15, 0.2) is 0 Å². The molecule has 0 heterocycles. The fraction of sp³-hybridized carbons (Fsp3) is 0.667. The van der Waals surface area contributed by atoms with Crippen molar-refractivity contribution in [1.82, 2.24) is 15.5 Å². The third kappa shape index (κ3) is 9.74. The molecule has 0 saturated heterocycles. The number of nitrogens with one attached hydrogen (secondary N) is 2. The monoisotopic (exact) mass is 475 g/mol. The maximum atomic E-state index is 13.7. The number of unbranched alkanes of at least 4 members (excludes halogenated alkanes) is 2. The molecule has 0 aromatic heterocycles. The first-order chi connectivity index (χ1) is 15.6. The van der Waals surface area contributed by atoms with Gasteiger partial charge in [0.05, 0.1) is 0 Å². The van der Waals surface area contributed by atoms with Crippen LogP contribution in [0, 0.1) is 13.8 Å². The number of hydrogen-bond donors (Lipinski definition) is 2. The van der Waals surface area contributed by atoms with Crippen LogP contribution in [-0.2, 0) is 14.3 Å². The van der Waals surface area contributed by atoms with E-state index < -0.39 is 29.3 Å². The van der Waals surface area contributed by atoms with Crippen molar-refractivity contribution in [2.75, 3.05) is 6.54 Å². The summed E-state index contributed by atoms with van der Waals surface area (Å²) in [6, 6.07) is 4.26. The number of benzene rings is 1. The molecule has 2 atom stereocenters. The van der Waals surface area contributed by atoms with Crippen LogP contribution < -0.4 is 10.6 Å². The van der Waals surface area contributed by atoms with Crippen molar-refractivity contribution >= 4 is 17.9 Å². The Balaban J connectivity index is 3.43. The molecule has 192 valence electrons. The molecule has 0 fully saturated rings. The molecular formula is C27H45N3O4. The van der Waals surface area contributed by atoms with E-state index in [1.54, 1.807) is 32.6 Å². The smallest absolute Gasteiger partial charge is 0.408 e. The number of rotatable bonds is 9. The van der Waals surface area contributed by atoms with Gasteiger partial charge in [-0.2, -0.15) is 0 Å². The van der Waals surface area contributed by atoms with E-state index in [1.165, 1.54) is 0 Å². The molecule has 7 nitrogen and oxygen atoms in total. The van der Waals surface area contributed by atoms with E-state index in [9.17, 15) is 14.4 Å². The number of alkyl carbamates (subject to hydrolysis) is 1. The van der Waals surface area contributed by atoms with Crippen molar-refractivity contribution < 1.29 is 19.1 Å². The first-order valence-corrected chi connectivity index (χ1v) is 12.2. The zero-order valence-corrected chi connectivity index (χ0v) is 22.8. The van der Waals surface area contributed by atoms with Gasteiger partial charge >= 0.3 is 6.09 Å². The highest BCUT2D eigenvalue weighted by Crippen LogP contribution is 2.28. The predicted molar refractivity (Wildman–Crippen MR) is 137 cm³/mol. The van der Waals surface area contributed by atoms with Crippen molar-refractivity contribution in [1.29, 1.82) is 0 Å². The van der Waals surface area contributed by atoms with Crippen molar-refractivity contribution in [3.63, 3.8) is 0 Å². The van der Waals surface area contributed by atoms with Gasteiger partial charge in [-0.25, -0.2) is 4.79 Å². The average molecular weight is 476 g/mol. The van der Waals surface area contributed by atoms with Gasteiger partial charge in [0, 0.05) is 12.1 Å². The largest absolute Gasteiger partial charge is 0.444 e. The maximum absolute atomic E-state index is 13.7. The zero-order chi connectivity index (χ0) is 26.3. The van der Waals surface area contributed by atoms with Gasteiger partial charge in [-0.15, -0.1) is 0 Å². The summed E-state index contributed by atoms with van der Waals surface area (Å²) in [5.41, 5.74) is 1.58. The summed E-state index contributed by atoms with van der Waals surface area (Å²) >= 11 is 0. The van der Waals surface area contributed by atoms with E-state index in [-0.39, 0.29) is 11.8 Å². The van der Waals surface area contributed by atoms with Crippen LogP contribution in [0.3, 0.4) is 0 Å². The Morgan fingerprint density at radius 1 is 1.03 bits per heavy atom. The number of amides is 3. The Kier molecular flexibility index (Phi) is 10.6. The van der Waals surface area contributed by atoms with Crippen molar-refractivity contribution in [3.05, 3.63) is 34.9 Å². The highest BCUT2D eigenvalue weighted by Gasteiger charge is 2.36. The van der Waals surface area contributed by atoms with Gasteiger partial charge < -0.3 is 20.3 Å². The van der Waals surface area contributed by atoms with Gasteiger partial charge in [-0.05, 0) is 79.9 Å². The molecule has 0 aliphatic rings. The van der Waals surface area contributed by atoms with E-state index in [1.807, 2.05) is 52.8 Å². The lowest BCUT2D eigenvalue weighted by Gasteiger charge is -2.36. The second-order valence-corrected chi connectivity index (χ2v) is 11.1. The van der Waals surface area contributed by atoms with Crippen molar-refractivity contribution in [2.45, 2.75) is 112 Å². The second-order valence-electron chi connectivity index (χ2n) is 11.1. The SMILES string of the molecule is CCCCCN(C(=O)C(C)NC(=O)OC(C)(C)C)C(C(=O)NC(C)(C)C)c1cc(C)ccc1C. The molecule has 1 aromatic carbocycles. The summed E-state index contributed by atoms with van der Waals surface area (Å²) in [5, 5.41) is 5.70. The van der Waals surface area contributed by atoms with Crippen LogP contribution >= 0.6 is 0 Å². The van der Waals surface area contributed by atoms with Gasteiger partial charge in [0.2, 0.25) is 11.8 Å².